The van der Waals surface area contributed by atoms with Gasteiger partial charge < -0.3 is 5.11 Å². The highest BCUT2D eigenvalue weighted by molar-refractivity contribution is 5.83. The number of hydrogen-bond acceptors (Lipinski definition) is 2. The van der Waals surface area contributed by atoms with Crippen LogP contribution in [0.25, 0.3) is 0 Å². The Hall–Kier alpha value is -2.16. The maximum atomic E-state index is 13.0. The lowest BCUT2D eigenvalue weighted by Gasteiger charge is -1.99. The largest absolute Gasteiger partial charge is 0.504 e. The lowest BCUT2D eigenvalue weighted by molar-refractivity contribution is 0.431. The molecule has 0 aromatic heterocycles. The number of nitrogens with zero attached hydrogens (tertiary/aromatic N) is 1. The molecule has 0 aliphatic carbocycles. The molecular weight excluding hydrogens is 217 g/mol. The molecule has 86 valence electrons. The lowest BCUT2D eigenvalue weighted by atomic mass is 10.2. The van der Waals surface area contributed by atoms with Crippen LogP contribution < -0.4 is 0 Å². The van der Waals surface area contributed by atoms with Crippen LogP contribution in [0.2, 0.25) is 0 Å². The van der Waals surface area contributed by atoms with E-state index in [1.165, 1.54) is 12.3 Å². The molecule has 2 nitrogen and oxygen atoms in total. The van der Waals surface area contributed by atoms with E-state index in [1.54, 1.807) is 12.1 Å². The van der Waals surface area contributed by atoms with Gasteiger partial charge in [-0.2, -0.15) is 0 Å². The van der Waals surface area contributed by atoms with Crippen LogP contribution in [0.3, 0.4) is 0 Å². The third-order valence-corrected chi connectivity index (χ3v) is 2.37. The van der Waals surface area contributed by atoms with Crippen molar-refractivity contribution in [3.05, 3.63) is 65.5 Å². The fourth-order valence-corrected chi connectivity index (χ4v) is 1.47. The lowest BCUT2D eigenvalue weighted by Crippen LogP contribution is -1.87. The Bertz CT molecular complexity index is 523. The van der Waals surface area contributed by atoms with E-state index >= 15 is 0 Å². The highest BCUT2D eigenvalue weighted by Gasteiger charge is 2.03. The molecule has 2 aromatic carbocycles. The first-order valence-corrected chi connectivity index (χ1v) is 5.28. The Morgan fingerprint density at radius 3 is 2.59 bits per heavy atom. The monoisotopic (exact) mass is 229 g/mol. The van der Waals surface area contributed by atoms with Crippen molar-refractivity contribution in [3.8, 4) is 5.75 Å². The van der Waals surface area contributed by atoms with Gasteiger partial charge in [-0.15, -0.1) is 0 Å². The molecule has 1 N–H and O–H groups in total. The van der Waals surface area contributed by atoms with Crippen LogP contribution in [0.5, 0.6) is 5.75 Å². The molecule has 0 unspecified atom stereocenters. The van der Waals surface area contributed by atoms with Crippen molar-refractivity contribution in [2.24, 2.45) is 4.99 Å². The van der Waals surface area contributed by atoms with Gasteiger partial charge in [0.2, 0.25) is 0 Å². The average Bonchev–Trinajstić information content (AvgIpc) is 2.36. The quantitative estimate of drug-likeness (QED) is 0.806. The summed E-state index contributed by atoms with van der Waals surface area (Å²) in [7, 11) is 0. The summed E-state index contributed by atoms with van der Waals surface area (Å²) in [6, 6.07) is 14.1. The van der Waals surface area contributed by atoms with Crippen LogP contribution in [-0.4, -0.2) is 11.3 Å². The predicted molar refractivity (Wildman–Crippen MR) is 65.8 cm³/mol. The van der Waals surface area contributed by atoms with Gasteiger partial charge in [-0.25, -0.2) is 4.39 Å². The van der Waals surface area contributed by atoms with Gasteiger partial charge in [0.1, 0.15) is 0 Å². The summed E-state index contributed by atoms with van der Waals surface area (Å²) < 4.78 is 13.0. The van der Waals surface area contributed by atoms with Gasteiger partial charge in [-0.1, -0.05) is 36.4 Å². The Morgan fingerprint density at radius 2 is 1.82 bits per heavy atom. The van der Waals surface area contributed by atoms with Crippen LogP contribution >= 0.6 is 0 Å². The van der Waals surface area contributed by atoms with Gasteiger partial charge in [0.25, 0.3) is 0 Å². The Kier molecular flexibility index (Phi) is 3.50. The number of hydrogen-bond donors (Lipinski definition) is 1. The highest BCUT2D eigenvalue weighted by Crippen LogP contribution is 2.18. The van der Waals surface area contributed by atoms with Crippen molar-refractivity contribution >= 4 is 6.21 Å². The molecule has 2 aromatic rings. The Balaban J connectivity index is 2.09. The zero-order valence-electron chi connectivity index (χ0n) is 9.18. The summed E-state index contributed by atoms with van der Waals surface area (Å²) in [6.07, 6.45) is 1.48. The molecule has 0 spiro atoms. The standard InChI is InChI=1S/C14H12FNO/c15-13-8-4-7-12(14(13)17)10-16-9-11-5-2-1-3-6-11/h1-8,10,17H,9H2. The predicted octanol–water partition coefficient (Wildman–Crippen LogP) is 3.15. The molecule has 2 rings (SSSR count). The SMILES string of the molecule is Oc1c(F)cccc1C=NCc1ccccc1. The van der Waals surface area contributed by atoms with Crippen LogP contribution in [0.4, 0.5) is 4.39 Å². The van der Waals surface area contributed by atoms with Gasteiger partial charge in [-0.05, 0) is 17.7 Å². The number of phenols is 1. The second-order valence-corrected chi connectivity index (χ2v) is 3.63. The third-order valence-electron chi connectivity index (χ3n) is 2.37. The van der Waals surface area contributed by atoms with E-state index in [0.717, 1.165) is 5.56 Å². The maximum Gasteiger partial charge on any atom is 0.165 e. The van der Waals surface area contributed by atoms with E-state index < -0.39 is 5.82 Å². The number of rotatable bonds is 3. The van der Waals surface area contributed by atoms with Crippen LogP contribution in [0.15, 0.2) is 53.5 Å². The molecule has 0 aliphatic heterocycles. The molecule has 0 bridgehead atoms. The van der Waals surface area contributed by atoms with Crippen molar-refractivity contribution in [2.45, 2.75) is 6.54 Å². The van der Waals surface area contributed by atoms with Gasteiger partial charge in [0, 0.05) is 11.8 Å². The fraction of sp³-hybridized carbons (Fsp3) is 0.0714. The summed E-state index contributed by atoms with van der Waals surface area (Å²) in [5.74, 6) is -0.988. The van der Waals surface area contributed by atoms with E-state index in [1.807, 2.05) is 30.3 Å². The molecule has 0 saturated carbocycles. The van der Waals surface area contributed by atoms with Crippen LogP contribution in [0, 0.1) is 5.82 Å². The molecule has 0 heterocycles. The summed E-state index contributed by atoms with van der Waals surface area (Å²) in [5, 5.41) is 9.43. The first kappa shape index (κ1) is 11.3. The van der Waals surface area contributed by atoms with Gasteiger partial charge >= 0.3 is 0 Å². The van der Waals surface area contributed by atoms with E-state index in [-0.39, 0.29) is 5.75 Å². The molecule has 0 amide bonds. The molecule has 0 saturated heterocycles. The minimum Gasteiger partial charge on any atom is -0.504 e. The van der Waals surface area contributed by atoms with Crippen molar-refractivity contribution < 1.29 is 9.50 Å². The number of phenolic OH excluding ortho intramolecular Hbond substituents is 1. The molecule has 0 radical (unpaired) electrons. The number of para-hydroxylation sites is 1. The zero-order chi connectivity index (χ0) is 12.1. The second kappa shape index (κ2) is 5.25. The molecule has 17 heavy (non-hydrogen) atoms. The number of halogens is 1. The second-order valence-electron chi connectivity index (χ2n) is 3.63. The summed E-state index contributed by atoms with van der Waals surface area (Å²) >= 11 is 0. The Labute approximate surface area is 99.1 Å². The number of aliphatic imine (C=N–C) groups is 1. The third kappa shape index (κ3) is 2.91. The van der Waals surface area contributed by atoms with E-state index in [2.05, 4.69) is 4.99 Å². The van der Waals surface area contributed by atoms with Gasteiger partial charge in [0.05, 0.1) is 6.54 Å². The molecular formula is C14H12FNO. The van der Waals surface area contributed by atoms with Crippen molar-refractivity contribution in [2.75, 3.05) is 0 Å². The van der Waals surface area contributed by atoms with Crippen molar-refractivity contribution in [1.29, 1.82) is 0 Å². The molecule has 3 heteroatoms. The van der Waals surface area contributed by atoms with Gasteiger partial charge in [-0.3, -0.25) is 4.99 Å². The first-order chi connectivity index (χ1) is 8.27. The highest BCUT2D eigenvalue weighted by atomic mass is 19.1. The van der Waals surface area contributed by atoms with E-state index in [0.29, 0.717) is 12.1 Å². The van der Waals surface area contributed by atoms with Crippen LogP contribution in [-0.2, 0) is 6.54 Å². The molecule has 0 atom stereocenters. The van der Waals surface area contributed by atoms with Crippen LogP contribution in [0.1, 0.15) is 11.1 Å². The van der Waals surface area contributed by atoms with Crippen molar-refractivity contribution in [1.82, 2.24) is 0 Å². The van der Waals surface area contributed by atoms with Crippen molar-refractivity contribution in [3.63, 3.8) is 0 Å². The fourth-order valence-electron chi connectivity index (χ4n) is 1.47. The number of benzene rings is 2. The first-order valence-electron chi connectivity index (χ1n) is 5.28. The molecule has 0 fully saturated rings. The topological polar surface area (TPSA) is 32.6 Å². The maximum absolute atomic E-state index is 13.0. The average molecular weight is 229 g/mol. The van der Waals surface area contributed by atoms with Gasteiger partial charge in [0.15, 0.2) is 11.6 Å². The normalized spacial score (nSPS) is 10.9. The minimum absolute atomic E-state index is 0.357. The number of aromatic hydroxyl groups is 1. The zero-order valence-corrected chi connectivity index (χ0v) is 9.18. The summed E-state index contributed by atoms with van der Waals surface area (Å²) in [5.41, 5.74) is 1.46. The summed E-state index contributed by atoms with van der Waals surface area (Å²) in [6.45, 7) is 0.511. The van der Waals surface area contributed by atoms with E-state index in [9.17, 15) is 9.50 Å². The minimum atomic E-state index is -0.631. The molecule has 0 aliphatic rings. The smallest absolute Gasteiger partial charge is 0.165 e. The van der Waals surface area contributed by atoms with E-state index in [4.69, 9.17) is 0 Å². The summed E-state index contributed by atoms with van der Waals surface area (Å²) in [4.78, 5) is 4.16. The Morgan fingerprint density at radius 1 is 1.06 bits per heavy atom.